The Morgan fingerprint density at radius 3 is 2.60 bits per heavy atom. The molecule has 0 radical (unpaired) electrons. The van der Waals surface area contributed by atoms with Crippen molar-refractivity contribution in [1.29, 1.82) is 0 Å². The summed E-state index contributed by atoms with van der Waals surface area (Å²) in [6.45, 7) is 8.06. The van der Waals surface area contributed by atoms with Gasteiger partial charge < -0.3 is 9.64 Å². The van der Waals surface area contributed by atoms with Crippen molar-refractivity contribution in [2.45, 2.75) is 32.9 Å². The number of thiazole rings is 1. The highest BCUT2D eigenvalue weighted by Gasteiger charge is 2.26. The van der Waals surface area contributed by atoms with Crippen LogP contribution in [0.4, 0.5) is 0 Å². The van der Waals surface area contributed by atoms with Crippen LogP contribution >= 0.6 is 11.3 Å². The van der Waals surface area contributed by atoms with Crippen molar-refractivity contribution in [3.63, 3.8) is 0 Å². The molecule has 0 aliphatic carbocycles. The van der Waals surface area contributed by atoms with E-state index in [-0.39, 0.29) is 5.91 Å². The molecule has 1 amide bonds. The largest absolute Gasteiger partial charge is 0.481 e. The number of para-hydroxylation sites is 1. The number of piperazine rings is 1. The van der Waals surface area contributed by atoms with Crippen LogP contribution < -0.4 is 4.74 Å². The van der Waals surface area contributed by atoms with Gasteiger partial charge in [-0.1, -0.05) is 25.1 Å². The number of benzene rings is 1. The van der Waals surface area contributed by atoms with Crippen molar-refractivity contribution < 1.29 is 9.53 Å². The maximum absolute atomic E-state index is 12.6. The number of ether oxygens (including phenoxy) is 1. The second-order valence-electron chi connectivity index (χ2n) is 6.26. The summed E-state index contributed by atoms with van der Waals surface area (Å²) in [6.07, 6.45) is 0.534. The Balaban J connectivity index is 1.47. The van der Waals surface area contributed by atoms with Crippen molar-refractivity contribution in [2.24, 2.45) is 0 Å². The molecule has 0 bridgehead atoms. The highest BCUT2D eigenvalue weighted by Crippen LogP contribution is 2.15. The number of hydrogen-bond donors (Lipinski definition) is 0. The zero-order valence-electron chi connectivity index (χ0n) is 14.9. The Labute approximate surface area is 153 Å². The number of aryl methyl sites for hydroxylation is 1. The molecular formula is C19H25N3O2S. The fourth-order valence-corrected chi connectivity index (χ4v) is 3.69. The number of rotatable bonds is 6. The van der Waals surface area contributed by atoms with Gasteiger partial charge in [0.05, 0.1) is 10.7 Å². The molecule has 0 spiro atoms. The monoisotopic (exact) mass is 359 g/mol. The standard InChI is InChI=1S/C19H25N3O2S/c1-3-18-20-16(14-25-18)13-21-9-11-22(12-10-21)19(23)15(2)24-17-7-5-4-6-8-17/h4-8,14-15H,3,9-13H2,1-2H3. The summed E-state index contributed by atoms with van der Waals surface area (Å²) in [5.41, 5.74) is 1.14. The van der Waals surface area contributed by atoms with E-state index in [1.807, 2.05) is 42.2 Å². The van der Waals surface area contributed by atoms with Crippen molar-refractivity contribution in [1.82, 2.24) is 14.8 Å². The first kappa shape index (κ1) is 17.9. The van der Waals surface area contributed by atoms with E-state index in [9.17, 15) is 4.79 Å². The fraction of sp³-hybridized carbons (Fsp3) is 0.474. The zero-order valence-corrected chi connectivity index (χ0v) is 15.7. The Bertz CT molecular complexity index is 681. The fourth-order valence-electron chi connectivity index (χ4n) is 2.95. The first-order valence-electron chi connectivity index (χ1n) is 8.82. The van der Waals surface area contributed by atoms with Gasteiger partial charge in [-0.2, -0.15) is 0 Å². The summed E-state index contributed by atoms with van der Waals surface area (Å²) in [4.78, 5) is 21.5. The third kappa shape index (κ3) is 4.80. The molecule has 3 rings (SSSR count). The van der Waals surface area contributed by atoms with Gasteiger partial charge in [-0.25, -0.2) is 4.98 Å². The van der Waals surface area contributed by atoms with Crippen LogP contribution in [0.2, 0.25) is 0 Å². The van der Waals surface area contributed by atoms with Crippen LogP contribution in [0.25, 0.3) is 0 Å². The van der Waals surface area contributed by atoms with E-state index in [0.29, 0.717) is 0 Å². The maximum atomic E-state index is 12.6. The summed E-state index contributed by atoms with van der Waals surface area (Å²) in [6, 6.07) is 9.51. The lowest BCUT2D eigenvalue weighted by Gasteiger charge is -2.35. The van der Waals surface area contributed by atoms with E-state index in [0.717, 1.165) is 50.6 Å². The average Bonchev–Trinajstić information content (AvgIpc) is 3.10. The Hall–Kier alpha value is -1.92. The van der Waals surface area contributed by atoms with Crippen molar-refractivity contribution in [2.75, 3.05) is 26.2 Å². The van der Waals surface area contributed by atoms with E-state index >= 15 is 0 Å². The maximum Gasteiger partial charge on any atom is 0.263 e. The molecule has 1 aliphatic heterocycles. The summed E-state index contributed by atoms with van der Waals surface area (Å²) in [7, 11) is 0. The van der Waals surface area contributed by atoms with Crippen LogP contribution in [0.3, 0.4) is 0 Å². The van der Waals surface area contributed by atoms with E-state index < -0.39 is 6.10 Å². The van der Waals surface area contributed by atoms with E-state index in [1.54, 1.807) is 11.3 Å². The molecule has 1 aromatic carbocycles. The predicted octanol–water partition coefficient (Wildman–Crippen LogP) is 2.82. The summed E-state index contributed by atoms with van der Waals surface area (Å²) in [5, 5.41) is 3.34. The average molecular weight is 359 g/mol. The van der Waals surface area contributed by atoms with Gasteiger partial charge in [-0.15, -0.1) is 11.3 Å². The van der Waals surface area contributed by atoms with Gasteiger partial charge in [0.1, 0.15) is 5.75 Å². The zero-order chi connectivity index (χ0) is 17.6. The first-order valence-corrected chi connectivity index (χ1v) is 9.69. The van der Waals surface area contributed by atoms with Crippen LogP contribution in [0, 0.1) is 0 Å². The number of amides is 1. The molecule has 0 N–H and O–H groups in total. The number of carbonyl (C=O) groups excluding carboxylic acids is 1. The van der Waals surface area contributed by atoms with Gasteiger partial charge in [-0.3, -0.25) is 9.69 Å². The molecule has 134 valence electrons. The van der Waals surface area contributed by atoms with E-state index in [1.165, 1.54) is 5.01 Å². The molecule has 1 saturated heterocycles. The van der Waals surface area contributed by atoms with Crippen LogP contribution in [0.1, 0.15) is 24.5 Å². The third-order valence-electron chi connectivity index (χ3n) is 4.38. The van der Waals surface area contributed by atoms with Crippen LogP contribution in [-0.4, -0.2) is 53.0 Å². The number of hydrogen-bond acceptors (Lipinski definition) is 5. The lowest BCUT2D eigenvalue weighted by atomic mass is 10.2. The van der Waals surface area contributed by atoms with E-state index in [4.69, 9.17) is 4.74 Å². The highest BCUT2D eigenvalue weighted by atomic mass is 32.1. The SMILES string of the molecule is CCc1nc(CN2CCN(C(=O)C(C)Oc3ccccc3)CC2)cs1. The number of carbonyl (C=O) groups is 1. The minimum Gasteiger partial charge on any atom is -0.481 e. The number of nitrogens with zero attached hydrogens (tertiary/aromatic N) is 3. The minimum atomic E-state index is -0.459. The lowest BCUT2D eigenvalue weighted by Crippen LogP contribution is -2.51. The molecule has 1 atom stereocenters. The summed E-state index contributed by atoms with van der Waals surface area (Å²) in [5.74, 6) is 0.794. The van der Waals surface area contributed by atoms with E-state index in [2.05, 4.69) is 22.2 Å². The molecule has 1 fully saturated rings. The van der Waals surface area contributed by atoms with Gasteiger partial charge in [0.15, 0.2) is 6.10 Å². The van der Waals surface area contributed by atoms with Crippen molar-refractivity contribution >= 4 is 17.2 Å². The highest BCUT2D eigenvalue weighted by molar-refractivity contribution is 7.09. The van der Waals surface area contributed by atoms with Crippen LogP contribution in [-0.2, 0) is 17.8 Å². The molecule has 2 heterocycles. The second kappa shape index (κ2) is 8.45. The quantitative estimate of drug-likeness (QED) is 0.796. The van der Waals surface area contributed by atoms with Gasteiger partial charge in [0, 0.05) is 38.1 Å². The molecule has 6 heteroatoms. The molecule has 1 aromatic heterocycles. The third-order valence-corrected chi connectivity index (χ3v) is 5.42. The molecule has 0 saturated carbocycles. The molecule has 5 nitrogen and oxygen atoms in total. The number of aromatic nitrogens is 1. The van der Waals surface area contributed by atoms with Gasteiger partial charge in [0.25, 0.3) is 5.91 Å². The second-order valence-corrected chi connectivity index (χ2v) is 7.20. The van der Waals surface area contributed by atoms with Crippen molar-refractivity contribution in [3.8, 4) is 5.75 Å². The Kier molecular flexibility index (Phi) is 6.04. The van der Waals surface area contributed by atoms with Crippen LogP contribution in [0.15, 0.2) is 35.7 Å². The van der Waals surface area contributed by atoms with Gasteiger partial charge >= 0.3 is 0 Å². The van der Waals surface area contributed by atoms with Crippen molar-refractivity contribution in [3.05, 3.63) is 46.4 Å². The normalized spacial score (nSPS) is 16.6. The van der Waals surface area contributed by atoms with Crippen LogP contribution in [0.5, 0.6) is 5.75 Å². The molecule has 1 unspecified atom stereocenters. The lowest BCUT2D eigenvalue weighted by molar-refractivity contribution is -0.139. The molecule has 2 aromatic rings. The summed E-state index contributed by atoms with van der Waals surface area (Å²) < 4.78 is 5.75. The predicted molar refractivity (Wildman–Crippen MR) is 99.9 cm³/mol. The minimum absolute atomic E-state index is 0.0606. The Morgan fingerprint density at radius 1 is 1.24 bits per heavy atom. The molecule has 25 heavy (non-hydrogen) atoms. The summed E-state index contributed by atoms with van der Waals surface area (Å²) >= 11 is 1.73. The first-order chi connectivity index (χ1) is 12.2. The van der Waals surface area contributed by atoms with Gasteiger partial charge in [-0.05, 0) is 25.5 Å². The Morgan fingerprint density at radius 2 is 1.96 bits per heavy atom. The smallest absolute Gasteiger partial charge is 0.263 e. The molecular weight excluding hydrogens is 334 g/mol. The van der Waals surface area contributed by atoms with Gasteiger partial charge in [0.2, 0.25) is 0 Å². The molecule has 1 aliphatic rings. The topological polar surface area (TPSA) is 45.7 Å².